The van der Waals surface area contributed by atoms with E-state index in [1.165, 1.54) is 12.1 Å². The Labute approximate surface area is 99.7 Å². The molecule has 1 heterocycles. The Morgan fingerprint density at radius 2 is 2.29 bits per heavy atom. The first-order chi connectivity index (χ1) is 8.16. The fourth-order valence-electron chi connectivity index (χ4n) is 2.73. The summed E-state index contributed by atoms with van der Waals surface area (Å²) in [5.74, 6) is 3.03. The van der Waals surface area contributed by atoms with Gasteiger partial charge in [-0.15, -0.1) is 6.42 Å². The number of benzene rings is 1. The summed E-state index contributed by atoms with van der Waals surface area (Å²) in [6.45, 7) is 1.65. The third kappa shape index (κ3) is 1.47. The summed E-state index contributed by atoms with van der Waals surface area (Å²) in [4.78, 5) is 2.08. The van der Waals surface area contributed by atoms with Gasteiger partial charge in [-0.05, 0) is 30.5 Å². The van der Waals surface area contributed by atoms with Crippen molar-refractivity contribution < 1.29 is 4.39 Å². The van der Waals surface area contributed by atoms with E-state index in [0.717, 1.165) is 25.2 Å². The highest BCUT2D eigenvalue weighted by atomic mass is 19.1. The number of rotatable bonds is 1. The Hall–Kier alpha value is -2.00. The molecular formula is C14H11FN2. The van der Waals surface area contributed by atoms with E-state index in [9.17, 15) is 4.39 Å². The lowest BCUT2D eigenvalue weighted by Crippen LogP contribution is -2.24. The van der Waals surface area contributed by atoms with Crippen LogP contribution in [-0.4, -0.2) is 13.1 Å². The van der Waals surface area contributed by atoms with Crippen molar-refractivity contribution in [3.05, 3.63) is 29.6 Å². The van der Waals surface area contributed by atoms with E-state index in [2.05, 4.69) is 10.8 Å². The molecule has 0 amide bonds. The Bertz CT molecular complexity index is 567. The minimum absolute atomic E-state index is 0.0130. The zero-order valence-electron chi connectivity index (χ0n) is 9.28. The van der Waals surface area contributed by atoms with Crippen LogP contribution in [0.5, 0.6) is 0 Å². The van der Waals surface area contributed by atoms with Crippen molar-refractivity contribution in [3.63, 3.8) is 0 Å². The van der Waals surface area contributed by atoms with Gasteiger partial charge in [0.05, 0.1) is 17.0 Å². The van der Waals surface area contributed by atoms with Crippen LogP contribution < -0.4 is 4.90 Å². The molecule has 1 aromatic carbocycles. The minimum atomic E-state index is -0.366. The van der Waals surface area contributed by atoms with E-state index in [0.29, 0.717) is 11.5 Å². The fraction of sp³-hybridized carbons (Fsp3) is 0.357. The normalized spacial score (nSPS) is 29.4. The van der Waals surface area contributed by atoms with Gasteiger partial charge in [-0.25, -0.2) is 4.39 Å². The van der Waals surface area contributed by atoms with Gasteiger partial charge < -0.3 is 4.90 Å². The molecule has 84 valence electrons. The highest BCUT2D eigenvalue weighted by molar-refractivity contribution is 5.55. The third-order valence-electron chi connectivity index (χ3n) is 3.81. The maximum atomic E-state index is 13.3. The van der Waals surface area contributed by atoms with Crippen LogP contribution in [0.4, 0.5) is 10.1 Å². The molecule has 0 radical (unpaired) electrons. The lowest BCUT2D eigenvalue weighted by atomic mass is 10.1. The third-order valence-corrected chi connectivity index (χ3v) is 3.81. The Balaban J connectivity index is 1.90. The number of nitrogens with zero attached hydrogens (tertiary/aromatic N) is 2. The van der Waals surface area contributed by atoms with Gasteiger partial charge in [0.1, 0.15) is 5.82 Å². The molecule has 17 heavy (non-hydrogen) atoms. The molecule has 3 heteroatoms. The van der Waals surface area contributed by atoms with Crippen molar-refractivity contribution in [3.8, 4) is 18.4 Å². The molecule has 0 N–H and O–H groups in total. The quantitative estimate of drug-likeness (QED) is 0.686. The molecule has 0 bridgehead atoms. The Morgan fingerprint density at radius 3 is 2.94 bits per heavy atom. The van der Waals surface area contributed by atoms with Crippen LogP contribution in [0.15, 0.2) is 18.2 Å². The molecule has 2 unspecified atom stereocenters. The van der Waals surface area contributed by atoms with E-state index >= 15 is 0 Å². The molecule has 1 saturated heterocycles. The van der Waals surface area contributed by atoms with E-state index < -0.39 is 0 Å². The topological polar surface area (TPSA) is 27.0 Å². The van der Waals surface area contributed by atoms with E-state index in [1.807, 2.05) is 6.07 Å². The minimum Gasteiger partial charge on any atom is -0.370 e. The summed E-state index contributed by atoms with van der Waals surface area (Å²) >= 11 is 0. The summed E-state index contributed by atoms with van der Waals surface area (Å²) in [5.41, 5.74) is 1.14. The second kappa shape index (κ2) is 3.25. The van der Waals surface area contributed by atoms with Crippen LogP contribution in [0.3, 0.4) is 0 Å². The number of halogens is 1. The maximum Gasteiger partial charge on any atom is 0.126 e. The van der Waals surface area contributed by atoms with Gasteiger partial charge in [-0.3, -0.25) is 0 Å². The summed E-state index contributed by atoms with van der Waals surface area (Å²) < 4.78 is 13.3. The lowest BCUT2D eigenvalue weighted by Gasteiger charge is -2.21. The maximum absolute atomic E-state index is 13.3. The number of nitriles is 1. The number of piperidine rings is 1. The molecule has 1 aromatic rings. The molecule has 2 fully saturated rings. The van der Waals surface area contributed by atoms with Crippen LogP contribution in [0, 0.1) is 40.8 Å². The van der Waals surface area contributed by atoms with E-state index in [1.54, 1.807) is 6.07 Å². The highest BCUT2D eigenvalue weighted by Gasteiger charge is 2.59. The van der Waals surface area contributed by atoms with Gasteiger partial charge in [-0.1, -0.05) is 5.92 Å². The van der Waals surface area contributed by atoms with Crippen molar-refractivity contribution in [2.45, 2.75) is 6.42 Å². The molecule has 0 aromatic heterocycles. The van der Waals surface area contributed by atoms with Crippen molar-refractivity contribution >= 4 is 5.69 Å². The smallest absolute Gasteiger partial charge is 0.126 e. The predicted octanol–water partition coefficient (Wildman–Crippen LogP) is 2.16. The average Bonchev–Trinajstić information content (AvgIpc) is 2.90. The fourth-order valence-corrected chi connectivity index (χ4v) is 2.73. The zero-order valence-corrected chi connectivity index (χ0v) is 9.28. The van der Waals surface area contributed by atoms with Gasteiger partial charge in [0.2, 0.25) is 0 Å². The number of hydrogen-bond acceptors (Lipinski definition) is 2. The lowest BCUT2D eigenvalue weighted by molar-refractivity contribution is 0.625. The first-order valence-corrected chi connectivity index (χ1v) is 5.60. The molecule has 1 aliphatic carbocycles. The Kier molecular flexibility index (Phi) is 1.94. The van der Waals surface area contributed by atoms with Crippen LogP contribution in [-0.2, 0) is 0 Å². The molecular weight excluding hydrogens is 215 g/mol. The second-order valence-corrected chi connectivity index (χ2v) is 4.89. The number of anilines is 1. The second-order valence-electron chi connectivity index (χ2n) is 4.89. The molecule has 2 atom stereocenters. The summed E-state index contributed by atoms with van der Waals surface area (Å²) in [5, 5.41) is 8.82. The number of hydrogen-bond donors (Lipinski definition) is 0. The Morgan fingerprint density at radius 1 is 1.47 bits per heavy atom. The van der Waals surface area contributed by atoms with Gasteiger partial charge >= 0.3 is 0 Å². The van der Waals surface area contributed by atoms with Crippen LogP contribution >= 0.6 is 0 Å². The van der Waals surface area contributed by atoms with Gasteiger partial charge in [0.15, 0.2) is 0 Å². The van der Waals surface area contributed by atoms with E-state index in [-0.39, 0.29) is 11.2 Å². The number of fused-ring (bicyclic) bond motifs is 1. The SMILES string of the molecule is C#CC12CC1CN(c1cc(F)cc(C#N)c1)C2. The van der Waals surface area contributed by atoms with Crippen LogP contribution in [0.2, 0.25) is 0 Å². The van der Waals surface area contributed by atoms with Gasteiger partial charge in [0, 0.05) is 18.8 Å². The summed E-state index contributed by atoms with van der Waals surface area (Å²) in [7, 11) is 0. The van der Waals surface area contributed by atoms with Crippen molar-refractivity contribution in [2.24, 2.45) is 11.3 Å². The zero-order chi connectivity index (χ0) is 12.0. The first kappa shape index (κ1) is 10.2. The molecule has 1 aliphatic heterocycles. The van der Waals surface area contributed by atoms with Crippen molar-refractivity contribution in [1.29, 1.82) is 5.26 Å². The molecule has 2 aliphatic rings. The van der Waals surface area contributed by atoms with Crippen molar-refractivity contribution in [1.82, 2.24) is 0 Å². The van der Waals surface area contributed by atoms with Crippen LogP contribution in [0.1, 0.15) is 12.0 Å². The summed E-state index contributed by atoms with van der Waals surface area (Å²) in [6, 6.07) is 6.41. The molecule has 0 spiro atoms. The largest absolute Gasteiger partial charge is 0.370 e. The first-order valence-electron chi connectivity index (χ1n) is 5.60. The monoisotopic (exact) mass is 226 g/mol. The van der Waals surface area contributed by atoms with Gasteiger partial charge in [0.25, 0.3) is 0 Å². The average molecular weight is 226 g/mol. The molecule has 2 nitrogen and oxygen atoms in total. The van der Waals surface area contributed by atoms with E-state index in [4.69, 9.17) is 11.7 Å². The molecule has 3 rings (SSSR count). The summed E-state index contributed by atoms with van der Waals surface area (Å²) in [6.07, 6.45) is 6.62. The predicted molar refractivity (Wildman–Crippen MR) is 62.7 cm³/mol. The van der Waals surface area contributed by atoms with Crippen molar-refractivity contribution in [2.75, 3.05) is 18.0 Å². The molecule has 1 saturated carbocycles. The van der Waals surface area contributed by atoms with Crippen LogP contribution in [0.25, 0.3) is 0 Å². The highest BCUT2D eigenvalue weighted by Crippen LogP contribution is 2.57. The standard InChI is InChI=1S/C14H11FN2/c1-2-14-6-11(14)8-17(9-14)13-4-10(7-16)3-12(15)5-13/h1,3-5,11H,6,8-9H2. The number of terminal acetylenes is 1. The van der Waals surface area contributed by atoms with Gasteiger partial charge in [-0.2, -0.15) is 5.26 Å².